The first-order valence-corrected chi connectivity index (χ1v) is 8.40. The number of hydrogen-bond acceptors (Lipinski definition) is 6. The molecule has 2 fully saturated rings. The van der Waals surface area contributed by atoms with Crippen LogP contribution in [0.15, 0.2) is 11.8 Å². The molecule has 2 amide bonds. The van der Waals surface area contributed by atoms with Crippen LogP contribution in [-0.4, -0.2) is 69.2 Å². The number of ether oxygens (including phenoxy) is 1. The van der Waals surface area contributed by atoms with Gasteiger partial charge in [0.1, 0.15) is 11.6 Å². The van der Waals surface area contributed by atoms with Gasteiger partial charge in [-0.1, -0.05) is 0 Å². The molecular formula is C16H25N5O3. The normalized spacial score (nSPS) is 20.2. The standard InChI is InChI=1S/C16H25N5O3/c17-11-14(12-20-15(22)13-1-3-18-4-2-13)16(23)19-5-6-21-7-9-24-10-8-21/h12-13,18H,1-10H2,(H,19,23)(H,20,22)/b14-12-. The van der Waals surface area contributed by atoms with Crippen LogP contribution in [0.2, 0.25) is 0 Å². The summed E-state index contributed by atoms with van der Waals surface area (Å²) in [6.45, 7) is 5.92. The predicted molar refractivity (Wildman–Crippen MR) is 87.7 cm³/mol. The third-order valence-corrected chi connectivity index (χ3v) is 4.25. The Bertz CT molecular complexity index is 502. The van der Waals surface area contributed by atoms with Gasteiger partial charge in [0.05, 0.1) is 13.2 Å². The molecule has 3 N–H and O–H groups in total. The summed E-state index contributed by atoms with van der Waals surface area (Å²) in [4.78, 5) is 26.2. The van der Waals surface area contributed by atoms with Gasteiger partial charge in [0.15, 0.2) is 0 Å². The SMILES string of the molecule is N#C/C(=C/NC(=O)C1CCNCC1)C(=O)NCCN1CCOCC1. The quantitative estimate of drug-likeness (QED) is 0.423. The lowest BCUT2D eigenvalue weighted by Crippen LogP contribution is -2.41. The third kappa shape index (κ3) is 5.92. The molecule has 0 radical (unpaired) electrons. The lowest BCUT2D eigenvalue weighted by atomic mass is 9.97. The van der Waals surface area contributed by atoms with E-state index in [1.807, 2.05) is 6.07 Å². The maximum atomic E-state index is 12.0. The van der Waals surface area contributed by atoms with E-state index in [4.69, 9.17) is 10.00 Å². The molecule has 2 heterocycles. The number of nitrogens with zero attached hydrogens (tertiary/aromatic N) is 2. The summed E-state index contributed by atoms with van der Waals surface area (Å²) in [6.07, 6.45) is 2.76. The van der Waals surface area contributed by atoms with Crippen LogP contribution >= 0.6 is 0 Å². The second-order valence-electron chi connectivity index (χ2n) is 5.91. The number of nitriles is 1. The molecule has 24 heavy (non-hydrogen) atoms. The summed E-state index contributed by atoms with van der Waals surface area (Å²) < 4.78 is 5.26. The van der Waals surface area contributed by atoms with Gasteiger partial charge in [0, 0.05) is 38.3 Å². The van der Waals surface area contributed by atoms with Gasteiger partial charge in [-0.15, -0.1) is 0 Å². The second kappa shape index (κ2) is 10.0. The van der Waals surface area contributed by atoms with E-state index in [9.17, 15) is 9.59 Å². The molecule has 0 aliphatic carbocycles. The van der Waals surface area contributed by atoms with Crippen molar-refractivity contribution in [3.05, 3.63) is 11.8 Å². The number of morpholine rings is 1. The van der Waals surface area contributed by atoms with Crippen molar-refractivity contribution in [3.63, 3.8) is 0 Å². The number of carbonyl (C=O) groups is 2. The highest BCUT2D eigenvalue weighted by Gasteiger charge is 2.20. The Hall–Kier alpha value is -1.95. The van der Waals surface area contributed by atoms with E-state index < -0.39 is 5.91 Å². The summed E-state index contributed by atoms with van der Waals surface area (Å²) in [5, 5.41) is 17.6. The number of hydrogen-bond donors (Lipinski definition) is 3. The van der Waals surface area contributed by atoms with Crippen molar-refractivity contribution in [2.45, 2.75) is 12.8 Å². The van der Waals surface area contributed by atoms with Gasteiger partial charge in [0.2, 0.25) is 5.91 Å². The molecule has 2 aliphatic rings. The Morgan fingerprint density at radius 3 is 2.67 bits per heavy atom. The predicted octanol–water partition coefficient (Wildman–Crippen LogP) is -1.04. The van der Waals surface area contributed by atoms with Crippen molar-refractivity contribution >= 4 is 11.8 Å². The molecule has 0 atom stereocenters. The van der Waals surface area contributed by atoms with Crippen LogP contribution in [0, 0.1) is 17.2 Å². The van der Waals surface area contributed by atoms with Crippen molar-refractivity contribution in [1.29, 1.82) is 5.26 Å². The fraction of sp³-hybridized carbons (Fsp3) is 0.688. The molecule has 0 aromatic carbocycles. The van der Waals surface area contributed by atoms with E-state index in [0.717, 1.165) is 45.6 Å². The van der Waals surface area contributed by atoms with Gasteiger partial charge >= 0.3 is 0 Å². The molecule has 0 unspecified atom stereocenters. The smallest absolute Gasteiger partial charge is 0.263 e. The van der Waals surface area contributed by atoms with Crippen molar-refractivity contribution in [3.8, 4) is 6.07 Å². The van der Waals surface area contributed by atoms with E-state index in [1.165, 1.54) is 6.20 Å². The fourth-order valence-electron chi connectivity index (χ4n) is 2.74. The molecule has 0 saturated carbocycles. The van der Waals surface area contributed by atoms with Crippen molar-refractivity contribution in [1.82, 2.24) is 20.9 Å². The maximum Gasteiger partial charge on any atom is 0.263 e. The average Bonchev–Trinajstić information content (AvgIpc) is 2.63. The zero-order chi connectivity index (χ0) is 17.2. The topological polar surface area (TPSA) is 106 Å². The first-order valence-electron chi connectivity index (χ1n) is 8.40. The van der Waals surface area contributed by atoms with E-state index in [0.29, 0.717) is 19.8 Å². The highest BCUT2D eigenvalue weighted by molar-refractivity contribution is 5.97. The first-order chi connectivity index (χ1) is 11.7. The maximum absolute atomic E-state index is 12.0. The zero-order valence-corrected chi connectivity index (χ0v) is 13.8. The summed E-state index contributed by atoms with van der Waals surface area (Å²) in [5.74, 6) is -0.659. The largest absolute Gasteiger partial charge is 0.379 e. The Morgan fingerprint density at radius 2 is 2.00 bits per heavy atom. The van der Waals surface area contributed by atoms with Gasteiger partial charge in [-0.3, -0.25) is 14.5 Å². The summed E-state index contributed by atoms with van der Waals surface area (Å²) in [6, 6.07) is 1.84. The first kappa shape index (κ1) is 18.4. The highest BCUT2D eigenvalue weighted by atomic mass is 16.5. The van der Waals surface area contributed by atoms with Crippen LogP contribution in [0.4, 0.5) is 0 Å². The van der Waals surface area contributed by atoms with Crippen LogP contribution in [0.25, 0.3) is 0 Å². The summed E-state index contributed by atoms with van der Waals surface area (Å²) in [5.41, 5.74) is -0.0840. The van der Waals surface area contributed by atoms with Crippen molar-refractivity contribution in [2.75, 3.05) is 52.5 Å². The molecule has 2 saturated heterocycles. The number of carbonyl (C=O) groups excluding carboxylic acids is 2. The number of piperidine rings is 1. The number of rotatable bonds is 6. The zero-order valence-electron chi connectivity index (χ0n) is 13.8. The fourth-order valence-corrected chi connectivity index (χ4v) is 2.74. The minimum atomic E-state index is -0.462. The molecule has 0 spiro atoms. The molecule has 0 aromatic rings. The molecule has 0 bridgehead atoms. The van der Waals surface area contributed by atoms with Gasteiger partial charge in [0.25, 0.3) is 5.91 Å². The van der Waals surface area contributed by atoms with E-state index in [2.05, 4.69) is 20.9 Å². The molecule has 8 nitrogen and oxygen atoms in total. The van der Waals surface area contributed by atoms with Gasteiger partial charge in [-0.25, -0.2) is 0 Å². The molecule has 2 rings (SSSR count). The number of nitrogens with one attached hydrogen (secondary N) is 3. The minimum Gasteiger partial charge on any atom is -0.379 e. The average molecular weight is 335 g/mol. The Morgan fingerprint density at radius 1 is 1.29 bits per heavy atom. The molecular weight excluding hydrogens is 310 g/mol. The van der Waals surface area contributed by atoms with E-state index in [-0.39, 0.29) is 17.4 Å². The summed E-state index contributed by atoms with van der Waals surface area (Å²) in [7, 11) is 0. The van der Waals surface area contributed by atoms with Gasteiger partial charge in [-0.05, 0) is 25.9 Å². The van der Waals surface area contributed by atoms with E-state index in [1.54, 1.807) is 0 Å². The van der Waals surface area contributed by atoms with Crippen LogP contribution in [0.5, 0.6) is 0 Å². The summed E-state index contributed by atoms with van der Waals surface area (Å²) >= 11 is 0. The van der Waals surface area contributed by atoms with Gasteiger partial charge < -0.3 is 20.7 Å². The van der Waals surface area contributed by atoms with Crippen LogP contribution in [0.3, 0.4) is 0 Å². The van der Waals surface area contributed by atoms with Crippen molar-refractivity contribution < 1.29 is 14.3 Å². The molecule has 132 valence electrons. The molecule has 0 aromatic heterocycles. The lowest BCUT2D eigenvalue weighted by molar-refractivity contribution is -0.124. The van der Waals surface area contributed by atoms with Crippen LogP contribution in [-0.2, 0) is 14.3 Å². The van der Waals surface area contributed by atoms with E-state index >= 15 is 0 Å². The molecule has 8 heteroatoms. The lowest BCUT2D eigenvalue weighted by Gasteiger charge is -2.26. The van der Waals surface area contributed by atoms with Gasteiger partial charge in [-0.2, -0.15) is 5.26 Å². The van der Waals surface area contributed by atoms with Crippen LogP contribution in [0.1, 0.15) is 12.8 Å². The Labute approximate surface area is 142 Å². The van der Waals surface area contributed by atoms with Crippen LogP contribution < -0.4 is 16.0 Å². The minimum absolute atomic E-state index is 0.0631. The second-order valence-corrected chi connectivity index (χ2v) is 5.91. The molecule has 2 aliphatic heterocycles. The number of amides is 2. The Kier molecular flexibility index (Phi) is 7.68. The highest BCUT2D eigenvalue weighted by Crippen LogP contribution is 2.11. The van der Waals surface area contributed by atoms with Crippen molar-refractivity contribution in [2.24, 2.45) is 5.92 Å². The Balaban J connectivity index is 1.73. The monoisotopic (exact) mass is 335 g/mol. The third-order valence-electron chi connectivity index (χ3n) is 4.25.